The van der Waals surface area contributed by atoms with Crippen LogP contribution in [0.2, 0.25) is 5.02 Å². The Bertz CT molecular complexity index is 1480. The molecule has 0 saturated heterocycles. The van der Waals surface area contributed by atoms with Gasteiger partial charge in [-0.25, -0.2) is 9.78 Å². The maximum Gasteiger partial charge on any atom is 0.348 e. The Kier molecular flexibility index (Phi) is 8.79. The Hall–Kier alpha value is -3.01. The normalized spacial score (nSPS) is 11.1. The lowest BCUT2D eigenvalue weighted by Crippen LogP contribution is -2.24. The predicted molar refractivity (Wildman–Crippen MR) is 149 cm³/mol. The number of benzene rings is 2. The smallest absolute Gasteiger partial charge is 0.348 e. The zero-order valence-electron chi connectivity index (χ0n) is 21.0. The fraction of sp³-hybridized carbons (Fsp3) is 0.296. The second kappa shape index (κ2) is 12.0. The lowest BCUT2D eigenvalue weighted by atomic mass is 10.1. The molecule has 2 heterocycles. The van der Waals surface area contributed by atoms with Crippen molar-refractivity contribution in [2.75, 3.05) is 20.8 Å². The van der Waals surface area contributed by atoms with Crippen molar-refractivity contribution < 1.29 is 19.0 Å². The third kappa shape index (κ3) is 5.95. The van der Waals surface area contributed by atoms with Crippen LogP contribution >= 0.6 is 34.7 Å². The number of nitrogens with zero attached hydrogens (tertiary/aromatic N) is 2. The number of methoxy groups -OCH3 is 2. The molecule has 0 N–H and O–H groups in total. The van der Waals surface area contributed by atoms with Gasteiger partial charge in [-0.3, -0.25) is 9.36 Å². The van der Waals surface area contributed by atoms with Gasteiger partial charge in [0.1, 0.15) is 9.71 Å². The molecule has 194 valence electrons. The summed E-state index contributed by atoms with van der Waals surface area (Å²) in [6.07, 6.45) is 0.579. The molecule has 0 atom stereocenters. The molecule has 0 aliphatic heterocycles. The van der Waals surface area contributed by atoms with E-state index in [0.717, 1.165) is 11.1 Å². The number of halogens is 1. The van der Waals surface area contributed by atoms with E-state index in [9.17, 15) is 9.59 Å². The molecule has 0 unspecified atom stereocenters. The predicted octanol–water partition coefficient (Wildman–Crippen LogP) is 6.15. The van der Waals surface area contributed by atoms with E-state index in [0.29, 0.717) is 61.1 Å². The van der Waals surface area contributed by atoms with Gasteiger partial charge in [-0.15, -0.1) is 11.3 Å². The highest BCUT2D eigenvalue weighted by Gasteiger charge is 2.22. The fourth-order valence-corrected chi connectivity index (χ4v) is 6.13. The van der Waals surface area contributed by atoms with Crippen LogP contribution in [0.5, 0.6) is 11.5 Å². The van der Waals surface area contributed by atoms with Gasteiger partial charge in [-0.2, -0.15) is 0 Å². The maximum atomic E-state index is 13.8. The number of hydrogen-bond donors (Lipinski definition) is 0. The highest BCUT2D eigenvalue weighted by Crippen LogP contribution is 2.32. The molecule has 4 aromatic rings. The minimum absolute atomic E-state index is 0.173. The molecule has 0 aliphatic rings. The van der Waals surface area contributed by atoms with Crippen LogP contribution in [0.25, 0.3) is 10.2 Å². The Morgan fingerprint density at radius 1 is 1.08 bits per heavy atom. The van der Waals surface area contributed by atoms with Crippen LogP contribution in [0, 0.1) is 6.92 Å². The molecule has 0 amide bonds. The first-order chi connectivity index (χ1) is 17.9. The van der Waals surface area contributed by atoms with Gasteiger partial charge in [0.15, 0.2) is 16.7 Å². The number of thioether (sulfide) groups is 1. The van der Waals surface area contributed by atoms with Gasteiger partial charge in [0.2, 0.25) is 0 Å². The highest BCUT2D eigenvalue weighted by atomic mass is 35.5. The maximum absolute atomic E-state index is 13.8. The molecule has 0 fully saturated rings. The summed E-state index contributed by atoms with van der Waals surface area (Å²) in [5.74, 6) is 1.45. The molecule has 10 heteroatoms. The van der Waals surface area contributed by atoms with Gasteiger partial charge in [0.05, 0.1) is 26.2 Å². The number of ether oxygens (including phenoxy) is 3. The minimum Gasteiger partial charge on any atom is -0.493 e. The molecule has 0 bridgehead atoms. The number of hydrogen-bond acceptors (Lipinski definition) is 8. The number of fused-ring (bicyclic) bond motifs is 1. The number of aromatic nitrogens is 2. The molecule has 37 heavy (non-hydrogen) atoms. The van der Waals surface area contributed by atoms with Crippen molar-refractivity contribution in [1.82, 2.24) is 9.55 Å². The third-order valence-corrected chi connectivity index (χ3v) is 8.29. The van der Waals surface area contributed by atoms with Gasteiger partial charge in [0, 0.05) is 17.3 Å². The quantitative estimate of drug-likeness (QED) is 0.131. The monoisotopic (exact) mass is 558 g/mol. The van der Waals surface area contributed by atoms with Crippen molar-refractivity contribution in [2.45, 2.75) is 37.7 Å². The second-order valence-corrected chi connectivity index (χ2v) is 10.5. The van der Waals surface area contributed by atoms with E-state index in [1.54, 1.807) is 32.6 Å². The summed E-state index contributed by atoms with van der Waals surface area (Å²) in [5.41, 5.74) is 2.48. The van der Waals surface area contributed by atoms with Gasteiger partial charge < -0.3 is 14.2 Å². The largest absolute Gasteiger partial charge is 0.493 e. The number of carbonyl (C=O) groups is 1. The van der Waals surface area contributed by atoms with Crippen LogP contribution in [0.4, 0.5) is 0 Å². The number of thiophene rings is 1. The molecule has 2 aromatic carbocycles. The minimum atomic E-state index is -0.436. The summed E-state index contributed by atoms with van der Waals surface area (Å²) in [5, 5.41) is 1.71. The van der Waals surface area contributed by atoms with Crippen molar-refractivity contribution in [2.24, 2.45) is 0 Å². The molecular formula is C27H27ClN2O5S2. The van der Waals surface area contributed by atoms with Gasteiger partial charge >= 0.3 is 5.97 Å². The Morgan fingerprint density at radius 2 is 1.78 bits per heavy atom. The van der Waals surface area contributed by atoms with Crippen molar-refractivity contribution in [3.05, 3.63) is 79.4 Å². The van der Waals surface area contributed by atoms with Crippen LogP contribution in [0.15, 0.2) is 52.4 Å². The standard InChI is InChI=1S/C27H27ClN2O5S2/c1-5-35-26(32)23-16(2)22-24(37-23)29-27(36-15-18-6-9-19(28)10-7-18)30(25(22)31)13-12-17-8-11-20(33-3)21(14-17)34-4/h6-11,14H,5,12-13,15H2,1-4H3. The van der Waals surface area contributed by atoms with E-state index in [1.165, 1.54) is 23.1 Å². The summed E-state index contributed by atoms with van der Waals surface area (Å²) in [6.45, 7) is 4.20. The zero-order valence-corrected chi connectivity index (χ0v) is 23.4. The average Bonchev–Trinajstić information content (AvgIpc) is 3.24. The van der Waals surface area contributed by atoms with Gasteiger partial charge in [0.25, 0.3) is 5.56 Å². The summed E-state index contributed by atoms with van der Waals surface area (Å²) in [6, 6.07) is 13.3. The van der Waals surface area contributed by atoms with Crippen molar-refractivity contribution in [3.63, 3.8) is 0 Å². The van der Waals surface area contributed by atoms with Crippen LogP contribution in [0.1, 0.15) is 33.3 Å². The Morgan fingerprint density at radius 3 is 2.46 bits per heavy atom. The summed E-state index contributed by atoms with van der Waals surface area (Å²) >= 11 is 8.70. The van der Waals surface area contributed by atoms with E-state index >= 15 is 0 Å². The molecule has 4 rings (SSSR count). The van der Waals surface area contributed by atoms with E-state index in [-0.39, 0.29) is 12.2 Å². The average molecular weight is 559 g/mol. The molecule has 2 aromatic heterocycles. The van der Waals surface area contributed by atoms with Gasteiger partial charge in [-0.05, 0) is 61.2 Å². The molecule has 7 nitrogen and oxygen atoms in total. The first-order valence-electron chi connectivity index (χ1n) is 11.7. The number of aryl methyl sites for hydroxylation is 2. The second-order valence-electron chi connectivity index (χ2n) is 8.16. The van der Waals surface area contributed by atoms with Crippen molar-refractivity contribution in [1.29, 1.82) is 0 Å². The highest BCUT2D eigenvalue weighted by molar-refractivity contribution is 7.98. The van der Waals surface area contributed by atoms with Crippen LogP contribution in [-0.2, 0) is 23.5 Å². The topological polar surface area (TPSA) is 79.7 Å². The molecule has 0 aliphatic carbocycles. The summed E-state index contributed by atoms with van der Waals surface area (Å²) in [7, 11) is 3.19. The Labute approximate surface area is 228 Å². The first kappa shape index (κ1) is 27.0. The van der Waals surface area contributed by atoms with Crippen molar-refractivity contribution >= 4 is 50.9 Å². The first-order valence-corrected chi connectivity index (χ1v) is 13.8. The van der Waals surface area contributed by atoms with Crippen LogP contribution in [0.3, 0.4) is 0 Å². The van der Waals surface area contributed by atoms with E-state index in [1.807, 2.05) is 42.5 Å². The van der Waals surface area contributed by atoms with Crippen molar-refractivity contribution in [3.8, 4) is 11.5 Å². The molecule has 0 spiro atoms. The molecule has 0 saturated carbocycles. The molecule has 0 radical (unpaired) electrons. The van der Waals surface area contributed by atoms with Crippen LogP contribution in [-0.4, -0.2) is 36.3 Å². The fourth-order valence-electron chi connectivity index (χ4n) is 3.90. The van der Waals surface area contributed by atoms with E-state index in [2.05, 4.69) is 0 Å². The van der Waals surface area contributed by atoms with Gasteiger partial charge in [-0.1, -0.05) is 41.6 Å². The molecular weight excluding hydrogens is 532 g/mol. The summed E-state index contributed by atoms with van der Waals surface area (Å²) in [4.78, 5) is 32.0. The lowest BCUT2D eigenvalue weighted by molar-refractivity contribution is 0.0531. The third-order valence-electron chi connectivity index (χ3n) is 5.83. The van der Waals surface area contributed by atoms with Crippen LogP contribution < -0.4 is 15.0 Å². The lowest BCUT2D eigenvalue weighted by Gasteiger charge is -2.14. The van der Waals surface area contributed by atoms with E-state index in [4.69, 9.17) is 30.8 Å². The zero-order chi connectivity index (χ0) is 26.5. The number of carbonyl (C=O) groups excluding carboxylic acids is 1. The number of rotatable bonds is 10. The Balaban J connectivity index is 1.73. The number of esters is 1. The van der Waals surface area contributed by atoms with E-state index < -0.39 is 5.97 Å². The summed E-state index contributed by atoms with van der Waals surface area (Å²) < 4.78 is 17.6. The SMILES string of the molecule is CCOC(=O)c1sc2nc(SCc3ccc(Cl)cc3)n(CCc3ccc(OC)c(OC)c3)c(=O)c2c1C.